The largest absolute Gasteiger partial charge is 0.331 e. The molecule has 2 nitrogen and oxygen atoms in total. The van der Waals surface area contributed by atoms with Crippen molar-refractivity contribution in [2.45, 2.75) is 18.9 Å². The summed E-state index contributed by atoms with van der Waals surface area (Å²) in [5.74, 6) is 6.24. The van der Waals surface area contributed by atoms with Gasteiger partial charge in [-0.1, -0.05) is 30.0 Å². The average molecular weight is 199 g/mol. The Hall–Kier alpha value is -1.75. The monoisotopic (exact) mass is 199 g/mol. The molecule has 1 heterocycles. The predicted octanol–water partition coefficient (Wildman–Crippen LogP) is 1.66. The molecule has 1 aliphatic rings. The molecule has 0 radical (unpaired) electrons. The molecule has 0 aromatic heterocycles. The van der Waals surface area contributed by atoms with Crippen LogP contribution in [0.4, 0.5) is 0 Å². The fourth-order valence-electron chi connectivity index (χ4n) is 1.76. The van der Waals surface area contributed by atoms with E-state index >= 15 is 0 Å². The summed E-state index contributed by atoms with van der Waals surface area (Å²) in [5.41, 5.74) is 1.01. The van der Waals surface area contributed by atoms with Crippen LogP contribution in [0.15, 0.2) is 30.3 Å². The van der Waals surface area contributed by atoms with Crippen molar-refractivity contribution < 1.29 is 4.79 Å². The third kappa shape index (κ3) is 2.38. The molecule has 1 saturated heterocycles. The van der Waals surface area contributed by atoms with Gasteiger partial charge in [0.2, 0.25) is 6.41 Å². The van der Waals surface area contributed by atoms with Crippen molar-refractivity contribution >= 4 is 6.41 Å². The smallest absolute Gasteiger partial charge is 0.210 e. The van der Waals surface area contributed by atoms with E-state index in [0.29, 0.717) is 0 Å². The Morgan fingerprint density at radius 3 is 2.87 bits per heavy atom. The average Bonchev–Trinajstić information content (AvgIpc) is 2.75. The van der Waals surface area contributed by atoms with E-state index in [-0.39, 0.29) is 6.04 Å². The molecule has 2 heteroatoms. The van der Waals surface area contributed by atoms with Crippen LogP contribution in [0.5, 0.6) is 0 Å². The number of hydrogen-bond acceptors (Lipinski definition) is 1. The number of amides is 1. The Kier molecular flexibility index (Phi) is 3.04. The normalized spacial score (nSPS) is 19.5. The standard InChI is InChI=1S/C13H13NO/c15-11-14-10-4-7-13(14)9-8-12-5-2-1-3-6-12/h1-3,5-6,11,13H,4,7,10H2. The van der Waals surface area contributed by atoms with Crippen LogP contribution >= 0.6 is 0 Å². The topological polar surface area (TPSA) is 20.3 Å². The van der Waals surface area contributed by atoms with Crippen LogP contribution in [-0.4, -0.2) is 23.9 Å². The first-order valence-corrected chi connectivity index (χ1v) is 5.18. The van der Waals surface area contributed by atoms with Crippen LogP contribution in [0.1, 0.15) is 18.4 Å². The van der Waals surface area contributed by atoms with Gasteiger partial charge in [-0.25, -0.2) is 0 Å². The fraction of sp³-hybridized carbons (Fsp3) is 0.308. The van der Waals surface area contributed by atoms with Crippen LogP contribution in [0.3, 0.4) is 0 Å². The highest BCUT2D eigenvalue weighted by Crippen LogP contribution is 2.13. The molecule has 76 valence electrons. The summed E-state index contributed by atoms with van der Waals surface area (Å²) in [4.78, 5) is 12.5. The fourth-order valence-corrected chi connectivity index (χ4v) is 1.76. The molecule has 1 aliphatic heterocycles. The molecule has 1 fully saturated rings. The van der Waals surface area contributed by atoms with E-state index in [0.717, 1.165) is 31.4 Å². The molecule has 0 spiro atoms. The second kappa shape index (κ2) is 4.65. The lowest BCUT2D eigenvalue weighted by Crippen LogP contribution is -2.26. The van der Waals surface area contributed by atoms with Crippen molar-refractivity contribution in [2.75, 3.05) is 6.54 Å². The number of benzene rings is 1. The Labute approximate surface area is 89.9 Å². The Morgan fingerprint density at radius 1 is 1.33 bits per heavy atom. The summed E-state index contributed by atoms with van der Waals surface area (Å²) in [6.07, 6.45) is 2.96. The summed E-state index contributed by atoms with van der Waals surface area (Å²) in [6, 6.07) is 9.98. The van der Waals surface area contributed by atoms with Gasteiger partial charge in [0.1, 0.15) is 0 Å². The van der Waals surface area contributed by atoms with Gasteiger partial charge in [-0.15, -0.1) is 0 Å². The number of carbonyl (C=O) groups is 1. The first-order valence-electron chi connectivity index (χ1n) is 5.18. The Bertz CT molecular complexity index is 388. The van der Waals surface area contributed by atoms with Gasteiger partial charge in [-0.05, 0) is 25.0 Å². The third-order valence-corrected chi connectivity index (χ3v) is 2.59. The van der Waals surface area contributed by atoms with Crippen molar-refractivity contribution in [1.82, 2.24) is 4.90 Å². The second-order valence-corrected chi connectivity index (χ2v) is 3.64. The molecule has 1 aromatic rings. The highest BCUT2D eigenvalue weighted by molar-refractivity contribution is 5.50. The van der Waals surface area contributed by atoms with E-state index in [2.05, 4.69) is 11.8 Å². The minimum Gasteiger partial charge on any atom is -0.331 e. The van der Waals surface area contributed by atoms with E-state index in [1.165, 1.54) is 0 Å². The lowest BCUT2D eigenvalue weighted by atomic mass is 10.2. The Balaban J connectivity index is 2.08. The lowest BCUT2D eigenvalue weighted by Gasteiger charge is -2.13. The quantitative estimate of drug-likeness (QED) is 0.497. The minimum atomic E-state index is 0.114. The van der Waals surface area contributed by atoms with Gasteiger partial charge in [0.05, 0.1) is 6.04 Å². The molecule has 2 rings (SSSR count). The molecule has 1 amide bonds. The van der Waals surface area contributed by atoms with E-state index < -0.39 is 0 Å². The molecular weight excluding hydrogens is 186 g/mol. The van der Waals surface area contributed by atoms with Gasteiger partial charge in [0, 0.05) is 12.1 Å². The number of nitrogens with zero attached hydrogens (tertiary/aromatic N) is 1. The summed E-state index contributed by atoms with van der Waals surface area (Å²) < 4.78 is 0. The Morgan fingerprint density at radius 2 is 2.13 bits per heavy atom. The number of rotatable bonds is 1. The van der Waals surface area contributed by atoms with Crippen LogP contribution < -0.4 is 0 Å². The van der Waals surface area contributed by atoms with Crippen LogP contribution in [0, 0.1) is 11.8 Å². The minimum absolute atomic E-state index is 0.114. The first kappa shape index (κ1) is 9.79. The zero-order valence-corrected chi connectivity index (χ0v) is 8.52. The van der Waals surface area contributed by atoms with Gasteiger partial charge < -0.3 is 4.90 Å². The van der Waals surface area contributed by atoms with Crippen molar-refractivity contribution in [3.05, 3.63) is 35.9 Å². The second-order valence-electron chi connectivity index (χ2n) is 3.64. The maximum atomic E-state index is 10.7. The summed E-state index contributed by atoms with van der Waals surface area (Å²) in [7, 11) is 0. The maximum absolute atomic E-state index is 10.7. The zero-order chi connectivity index (χ0) is 10.5. The lowest BCUT2D eigenvalue weighted by molar-refractivity contribution is -0.118. The summed E-state index contributed by atoms with van der Waals surface area (Å²) >= 11 is 0. The van der Waals surface area contributed by atoms with E-state index in [1.54, 1.807) is 4.90 Å². The molecule has 0 aliphatic carbocycles. The van der Waals surface area contributed by atoms with E-state index in [4.69, 9.17) is 0 Å². The van der Waals surface area contributed by atoms with Gasteiger partial charge in [-0.2, -0.15) is 0 Å². The number of carbonyl (C=O) groups excluding carboxylic acids is 1. The molecule has 1 unspecified atom stereocenters. The number of hydrogen-bond donors (Lipinski definition) is 0. The zero-order valence-electron chi connectivity index (χ0n) is 8.52. The van der Waals surface area contributed by atoms with Gasteiger partial charge in [-0.3, -0.25) is 4.79 Å². The maximum Gasteiger partial charge on any atom is 0.210 e. The van der Waals surface area contributed by atoms with Gasteiger partial charge >= 0.3 is 0 Å². The molecule has 0 saturated carbocycles. The van der Waals surface area contributed by atoms with E-state index in [1.807, 2.05) is 30.3 Å². The highest BCUT2D eigenvalue weighted by atomic mass is 16.1. The summed E-state index contributed by atoms with van der Waals surface area (Å²) in [6.45, 7) is 0.845. The highest BCUT2D eigenvalue weighted by Gasteiger charge is 2.20. The summed E-state index contributed by atoms with van der Waals surface area (Å²) in [5, 5.41) is 0. The van der Waals surface area contributed by atoms with Gasteiger partial charge in [0.25, 0.3) is 0 Å². The van der Waals surface area contributed by atoms with Gasteiger partial charge in [0.15, 0.2) is 0 Å². The van der Waals surface area contributed by atoms with E-state index in [9.17, 15) is 4.79 Å². The molecule has 0 bridgehead atoms. The predicted molar refractivity (Wildman–Crippen MR) is 59.1 cm³/mol. The first-order chi connectivity index (χ1) is 7.40. The molecular formula is C13H13NO. The third-order valence-electron chi connectivity index (χ3n) is 2.59. The molecule has 0 N–H and O–H groups in total. The number of likely N-dealkylation sites (tertiary alicyclic amines) is 1. The van der Waals surface area contributed by atoms with Crippen molar-refractivity contribution in [1.29, 1.82) is 0 Å². The van der Waals surface area contributed by atoms with Crippen LogP contribution in [0.25, 0.3) is 0 Å². The van der Waals surface area contributed by atoms with Crippen molar-refractivity contribution in [2.24, 2.45) is 0 Å². The molecule has 1 aromatic carbocycles. The SMILES string of the molecule is O=CN1CCCC1C#Cc1ccccc1. The molecule has 15 heavy (non-hydrogen) atoms. The van der Waals surface area contributed by atoms with Crippen LogP contribution in [0.2, 0.25) is 0 Å². The van der Waals surface area contributed by atoms with Crippen molar-refractivity contribution in [3.8, 4) is 11.8 Å². The van der Waals surface area contributed by atoms with Crippen LogP contribution in [-0.2, 0) is 4.79 Å². The molecule has 1 atom stereocenters. The van der Waals surface area contributed by atoms with Crippen molar-refractivity contribution in [3.63, 3.8) is 0 Å².